The number of aromatic nitrogens is 2. The monoisotopic (exact) mass is 331 g/mol. The van der Waals surface area contributed by atoms with Gasteiger partial charge < -0.3 is 10.4 Å². The number of aliphatic hydroxyl groups is 1. The van der Waals surface area contributed by atoms with Crippen molar-refractivity contribution in [3.8, 4) is 0 Å². The van der Waals surface area contributed by atoms with E-state index in [1.807, 2.05) is 13.0 Å². The molecule has 0 saturated heterocycles. The van der Waals surface area contributed by atoms with Crippen LogP contribution < -0.4 is 5.32 Å². The molecule has 4 rings (SSSR count). The van der Waals surface area contributed by atoms with Gasteiger partial charge in [0.2, 0.25) is 0 Å². The van der Waals surface area contributed by atoms with Crippen LogP contribution in [-0.4, -0.2) is 32.6 Å². The van der Waals surface area contributed by atoms with Crippen LogP contribution in [0.1, 0.15) is 66.7 Å². The van der Waals surface area contributed by atoms with Crippen molar-refractivity contribution in [2.24, 2.45) is 0 Å². The van der Waals surface area contributed by atoms with Crippen LogP contribution in [0.15, 0.2) is 12.3 Å². The predicted octanol–water partition coefficient (Wildman–Crippen LogP) is 2.99. The summed E-state index contributed by atoms with van der Waals surface area (Å²) in [6.07, 6.45) is 7.16. The molecule has 0 unspecified atom stereocenters. The lowest BCUT2D eigenvalue weighted by atomic mass is 9.83. The summed E-state index contributed by atoms with van der Waals surface area (Å²) in [6, 6.07) is 2.04. The Bertz CT molecular complexity index is 741. The van der Waals surface area contributed by atoms with Crippen molar-refractivity contribution in [1.29, 1.82) is 0 Å². The fourth-order valence-electron chi connectivity index (χ4n) is 3.12. The summed E-state index contributed by atoms with van der Waals surface area (Å²) in [5, 5.41) is 14.2. The quantitative estimate of drug-likeness (QED) is 0.906. The highest BCUT2D eigenvalue weighted by atomic mass is 32.1. The summed E-state index contributed by atoms with van der Waals surface area (Å²) in [5.74, 6) is 0.536. The molecule has 2 aromatic heterocycles. The van der Waals surface area contributed by atoms with E-state index in [-0.39, 0.29) is 11.9 Å². The van der Waals surface area contributed by atoms with Crippen molar-refractivity contribution in [1.82, 2.24) is 15.3 Å². The van der Waals surface area contributed by atoms with Gasteiger partial charge in [0.05, 0.1) is 20.9 Å². The zero-order valence-electron chi connectivity index (χ0n) is 13.2. The van der Waals surface area contributed by atoms with E-state index in [1.54, 1.807) is 17.5 Å². The molecule has 2 saturated carbocycles. The molecule has 2 aliphatic carbocycles. The summed E-state index contributed by atoms with van der Waals surface area (Å²) in [7, 11) is 0. The maximum Gasteiger partial charge on any atom is 0.253 e. The predicted molar refractivity (Wildman–Crippen MR) is 89.7 cm³/mol. The molecule has 2 aromatic rings. The third kappa shape index (κ3) is 3.23. The molecule has 0 bridgehead atoms. The highest BCUT2D eigenvalue weighted by Crippen LogP contribution is 2.43. The van der Waals surface area contributed by atoms with Gasteiger partial charge in [-0.05, 0) is 51.5 Å². The summed E-state index contributed by atoms with van der Waals surface area (Å²) in [5.41, 5.74) is 0.770. The minimum Gasteiger partial charge on any atom is -0.390 e. The Morgan fingerprint density at radius 3 is 2.78 bits per heavy atom. The second kappa shape index (κ2) is 5.53. The highest BCUT2D eigenvalue weighted by molar-refractivity contribution is 7.18. The number of rotatable bonds is 3. The molecule has 0 aromatic carbocycles. The largest absolute Gasteiger partial charge is 0.390 e. The van der Waals surface area contributed by atoms with Gasteiger partial charge in [-0.1, -0.05) is 0 Å². The van der Waals surface area contributed by atoms with E-state index < -0.39 is 5.60 Å². The van der Waals surface area contributed by atoms with E-state index in [2.05, 4.69) is 15.3 Å². The van der Waals surface area contributed by atoms with Crippen molar-refractivity contribution >= 4 is 27.6 Å². The molecule has 5 nitrogen and oxygen atoms in total. The SMILES string of the molecule is CC1(O)CCC(NC(=O)c2cnc3nc(C4CC4)sc3c2)CC1. The van der Waals surface area contributed by atoms with Crippen LogP contribution in [0.3, 0.4) is 0 Å². The van der Waals surface area contributed by atoms with Gasteiger partial charge in [0.25, 0.3) is 5.91 Å². The number of carbonyl (C=O) groups is 1. The number of amides is 1. The fourth-order valence-corrected chi connectivity index (χ4v) is 4.25. The van der Waals surface area contributed by atoms with Crippen LogP contribution in [0, 0.1) is 0 Å². The van der Waals surface area contributed by atoms with E-state index in [0.717, 1.165) is 41.0 Å². The van der Waals surface area contributed by atoms with Crippen LogP contribution in [0.5, 0.6) is 0 Å². The van der Waals surface area contributed by atoms with Gasteiger partial charge in [-0.25, -0.2) is 9.97 Å². The molecule has 0 spiro atoms. The highest BCUT2D eigenvalue weighted by Gasteiger charge is 2.30. The molecule has 2 fully saturated rings. The Kier molecular flexibility index (Phi) is 3.61. The molecule has 2 heterocycles. The number of nitrogens with one attached hydrogen (secondary N) is 1. The maximum absolute atomic E-state index is 12.4. The maximum atomic E-state index is 12.4. The number of hydrogen-bond acceptors (Lipinski definition) is 5. The molecule has 0 atom stereocenters. The number of fused-ring (bicyclic) bond motifs is 1. The zero-order valence-corrected chi connectivity index (χ0v) is 14.0. The van der Waals surface area contributed by atoms with Crippen LogP contribution >= 0.6 is 11.3 Å². The minimum absolute atomic E-state index is 0.0766. The third-order valence-electron chi connectivity index (χ3n) is 4.85. The van der Waals surface area contributed by atoms with Gasteiger partial charge in [-0.2, -0.15) is 0 Å². The lowest BCUT2D eigenvalue weighted by Gasteiger charge is -2.33. The second-order valence-electron chi connectivity index (χ2n) is 7.12. The first-order chi connectivity index (χ1) is 11.0. The van der Waals surface area contributed by atoms with Crippen LogP contribution in [0.2, 0.25) is 0 Å². The Labute approximate surface area is 139 Å². The van der Waals surface area contributed by atoms with Crippen LogP contribution in [-0.2, 0) is 0 Å². The Morgan fingerprint density at radius 2 is 2.09 bits per heavy atom. The lowest BCUT2D eigenvalue weighted by Crippen LogP contribution is -2.42. The average molecular weight is 331 g/mol. The Balaban J connectivity index is 1.46. The van der Waals surface area contributed by atoms with E-state index in [0.29, 0.717) is 11.5 Å². The van der Waals surface area contributed by atoms with Crippen molar-refractivity contribution in [3.63, 3.8) is 0 Å². The first-order valence-electron chi connectivity index (χ1n) is 8.30. The number of thiazole rings is 1. The van der Waals surface area contributed by atoms with Gasteiger partial charge in [-0.15, -0.1) is 11.3 Å². The smallest absolute Gasteiger partial charge is 0.253 e. The molecule has 6 heteroatoms. The molecule has 122 valence electrons. The van der Waals surface area contributed by atoms with E-state index in [9.17, 15) is 9.90 Å². The topological polar surface area (TPSA) is 75.1 Å². The molecule has 0 aliphatic heterocycles. The standard InChI is InChI=1S/C17H21N3O2S/c1-17(22)6-4-12(5-7-17)19-15(21)11-8-13-14(18-9-11)20-16(23-13)10-2-3-10/h8-10,12,22H,2-7H2,1H3,(H,19,21). The zero-order chi connectivity index (χ0) is 16.0. The first-order valence-corrected chi connectivity index (χ1v) is 9.11. The molecule has 0 radical (unpaired) electrons. The number of pyridine rings is 1. The van der Waals surface area contributed by atoms with Gasteiger partial charge >= 0.3 is 0 Å². The number of hydrogen-bond donors (Lipinski definition) is 2. The van der Waals surface area contributed by atoms with Gasteiger partial charge in [0, 0.05) is 18.2 Å². The molecule has 2 aliphatic rings. The van der Waals surface area contributed by atoms with Crippen molar-refractivity contribution in [2.45, 2.75) is 63.0 Å². The third-order valence-corrected chi connectivity index (χ3v) is 6.00. The summed E-state index contributed by atoms with van der Waals surface area (Å²) < 4.78 is 0.992. The minimum atomic E-state index is -0.580. The normalized spacial score (nSPS) is 28.0. The van der Waals surface area contributed by atoms with Gasteiger partial charge in [0.15, 0.2) is 5.65 Å². The van der Waals surface area contributed by atoms with E-state index >= 15 is 0 Å². The summed E-state index contributed by atoms with van der Waals surface area (Å²) in [6.45, 7) is 1.87. The molecule has 2 N–H and O–H groups in total. The fraction of sp³-hybridized carbons (Fsp3) is 0.588. The van der Waals surface area contributed by atoms with E-state index in [4.69, 9.17) is 0 Å². The average Bonchev–Trinajstić information content (AvgIpc) is 3.28. The van der Waals surface area contributed by atoms with Crippen molar-refractivity contribution in [3.05, 3.63) is 22.8 Å². The Morgan fingerprint density at radius 1 is 1.35 bits per heavy atom. The summed E-state index contributed by atoms with van der Waals surface area (Å²) >= 11 is 1.66. The van der Waals surface area contributed by atoms with Gasteiger partial charge in [-0.3, -0.25) is 4.79 Å². The number of carbonyl (C=O) groups excluding carboxylic acids is 1. The van der Waals surface area contributed by atoms with Crippen molar-refractivity contribution < 1.29 is 9.90 Å². The first kappa shape index (κ1) is 15.0. The van der Waals surface area contributed by atoms with Crippen molar-refractivity contribution in [2.75, 3.05) is 0 Å². The van der Waals surface area contributed by atoms with Crippen LogP contribution in [0.4, 0.5) is 0 Å². The molecule has 23 heavy (non-hydrogen) atoms. The Hall–Kier alpha value is -1.53. The van der Waals surface area contributed by atoms with Gasteiger partial charge in [0.1, 0.15) is 0 Å². The summed E-state index contributed by atoms with van der Waals surface area (Å²) in [4.78, 5) is 21.3. The molecular formula is C17H21N3O2S. The molecular weight excluding hydrogens is 310 g/mol. The van der Waals surface area contributed by atoms with E-state index in [1.165, 1.54) is 12.8 Å². The number of nitrogens with zero attached hydrogens (tertiary/aromatic N) is 2. The van der Waals surface area contributed by atoms with Crippen LogP contribution in [0.25, 0.3) is 10.3 Å². The second-order valence-corrected chi connectivity index (χ2v) is 8.18. The molecule has 1 amide bonds. The lowest BCUT2D eigenvalue weighted by molar-refractivity contribution is 0.0140.